The fourth-order valence-corrected chi connectivity index (χ4v) is 13.2. The largest absolute Gasteiger partial charge is 0.370 e. The Hall–Kier alpha value is -12.7. The highest BCUT2D eigenvalue weighted by Gasteiger charge is 2.41. The molecule has 12 amide bonds. The summed E-state index contributed by atoms with van der Waals surface area (Å²) in [5.74, 6) is -14.7. The maximum atomic E-state index is 15.5. The van der Waals surface area contributed by atoms with Crippen molar-refractivity contribution in [2.45, 2.75) is 204 Å². The molecule has 1 saturated heterocycles. The van der Waals surface area contributed by atoms with Crippen LogP contribution in [0.2, 0.25) is 0 Å². The summed E-state index contributed by atoms with van der Waals surface area (Å²) in [6.45, 7) is 6.37. The number of carbonyl (C=O) groups excluding carboxylic acids is 12. The summed E-state index contributed by atoms with van der Waals surface area (Å²) < 4.78 is 29.3. The van der Waals surface area contributed by atoms with Gasteiger partial charge in [0.25, 0.3) is 0 Å². The molecule has 0 bridgehead atoms. The van der Waals surface area contributed by atoms with Crippen LogP contribution in [0.15, 0.2) is 103 Å². The number of amides is 12. The molecule has 0 radical (unpaired) electrons. The Morgan fingerprint density at radius 2 is 0.797 bits per heavy atom. The van der Waals surface area contributed by atoms with Crippen LogP contribution < -0.4 is 108 Å². The van der Waals surface area contributed by atoms with Crippen molar-refractivity contribution in [3.63, 3.8) is 0 Å². The van der Waals surface area contributed by atoms with Gasteiger partial charge in [-0.25, -0.2) is 8.78 Å². The number of alkyl halides is 2. The lowest BCUT2D eigenvalue weighted by atomic mass is 9.85. The quantitative estimate of drug-likeness (QED) is 0.0146. The van der Waals surface area contributed by atoms with E-state index < -0.39 is 211 Å². The summed E-state index contributed by atoms with van der Waals surface area (Å²) in [5, 5.41) is 73.6. The van der Waals surface area contributed by atoms with E-state index >= 15 is 52.3 Å². The zero-order valence-corrected chi connectivity index (χ0v) is 67.0. The molecular formula is C79H115F2N25O12. The van der Waals surface area contributed by atoms with Crippen LogP contribution in [0.5, 0.6) is 0 Å². The molecule has 1 fully saturated rings. The van der Waals surface area contributed by atoms with Gasteiger partial charge in [-0.05, 0) is 115 Å². The number of halogens is 2. The third kappa shape index (κ3) is 31.5. The number of aromatic nitrogens is 1. The maximum Gasteiger partial charge on any atom is 0.243 e. The van der Waals surface area contributed by atoms with Crippen molar-refractivity contribution in [1.29, 1.82) is 21.6 Å². The van der Waals surface area contributed by atoms with E-state index in [1.54, 1.807) is 120 Å². The molecule has 0 aliphatic carbocycles. The first-order chi connectivity index (χ1) is 56.0. The van der Waals surface area contributed by atoms with Crippen LogP contribution in [-0.2, 0) is 76.8 Å². The minimum atomic E-state index is -2.19. The summed E-state index contributed by atoms with van der Waals surface area (Å²) in [4.78, 5) is 183. The number of benzene rings is 4. The van der Waals surface area contributed by atoms with Crippen molar-refractivity contribution in [1.82, 2.24) is 84.7 Å². The molecule has 1 unspecified atom stereocenters. The average Bonchev–Trinajstić information content (AvgIpc) is 0.853. The fraction of sp³-hybridized carbons (Fsp3) is 0.494. The normalized spacial score (nSPS) is 21.9. The number of hydrogen-bond acceptors (Lipinski definition) is 16. The highest BCUT2D eigenvalue weighted by atomic mass is 19.2. The Morgan fingerprint density at radius 3 is 1.23 bits per heavy atom. The van der Waals surface area contributed by atoms with Gasteiger partial charge in [-0.3, -0.25) is 79.2 Å². The minimum absolute atomic E-state index is 0.00226. The number of fused-ring (bicyclic) bond motifs is 2. The average molecular weight is 1640 g/mol. The number of carbonyl (C=O) groups is 12. The van der Waals surface area contributed by atoms with Crippen LogP contribution in [0, 0.1) is 33.0 Å². The van der Waals surface area contributed by atoms with E-state index in [2.05, 4.69) is 84.7 Å². The summed E-state index contributed by atoms with van der Waals surface area (Å²) in [5.41, 5.74) is 29.0. The smallest absolute Gasteiger partial charge is 0.243 e. The second kappa shape index (κ2) is 46.7. The van der Waals surface area contributed by atoms with E-state index in [1.807, 2.05) is 18.2 Å². The number of H-pyrrole nitrogens is 1. The molecule has 1 aromatic heterocycles. The molecule has 118 heavy (non-hydrogen) atoms. The van der Waals surface area contributed by atoms with Gasteiger partial charge in [0.05, 0.1) is 0 Å². The number of nitrogens with one attached hydrogen (secondary N) is 20. The van der Waals surface area contributed by atoms with Crippen LogP contribution in [0.1, 0.15) is 128 Å². The molecule has 5 aromatic rings. The lowest BCUT2D eigenvalue weighted by molar-refractivity contribution is -0.137. The first-order valence-electron chi connectivity index (χ1n) is 39.2. The van der Waals surface area contributed by atoms with Crippen LogP contribution >= 0.6 is 0 Å². The molecule has 37 nitrogen and oxygen atoms in total. The Labute approximate surface area is 682 Å². The highest BCUT2D eigenvalue weighted by Crippen LogP contribution is 2.24. The van der Waals surface area contributed by atoms with E-state index in [-0.39, 0.29) is 96.8 Å². The van der Waals surface area contributed by atoms with Gasteiger partial charge in [-0.1, -0.05) is 126 Å². The van der Waals surface area contributed by atoms with Crippen molar-refractivity contribution in [2.75, 3.05) is 32.9 Å². The predicted molar refractivity (Wildman–Crippen MR) is 440 cm³/mol. The van der Waals surface area contributed by atoms with E-state index in [0.717, 1.165) is 10.8 Å². The molecule has 642 valence electrons. The molecule has 30 N–H and O–H groups in total. The summed E-state index contributed by atoms with van der Waals surface area (Å²) in [6, 6.07) is 9.57. The molecule has 1 aliphatic rings. The molecular weight excluding hydrogens is 1530 g/mol. The Bertz CT molecular complexity index is 4340. The van der Waals surface area contributed by atoms with Gasteiger partial charge in [0.15, 0.2) is 23.8 Å². The van der Waals surface area contributed by atoms with Gasteiger partial charge in [0.1, 0.15) is 79.3 Å². The van der Waals surface area contributed by atoms with Crippen LogP contribution in [0.25, 0.3) is 21.7 Å². The number of para-hydroxylation sites is 1. The zero-order valence-electron chi connectivity index (χ0n) is 67.0. The lowest BCUT2D eigenvalue weighted by Crippen LogP contribution is -2.63. The molecule has 12 atom stereocenters. The number of rotatable bonds is 30. The predicted octanol–water partition coefficient (Wildman–Crippen LogP) is -1.20. The fourth-order valence-electron chi connectivity index (χ4n) is 13.2. The lowest BCUT2D eigenvalue weighted by Gasteiger charge is -2.34. The Balaban J connectivity index is 1.56. The summed E-state index contributed by atoms with van der Waals surface area (Å²) >= 11 is 0. The number of guanidine groups is 4. The monoisotopic (exact) mass is 1640 g/mol. The van der Waals surface area contributed by atoms with Crippen molar-refractivity contribution < 1.29 is 66.3 Å². The number of nitrogens with two attached hydrogens (primary N) is 5. The number of hydrogen-bond donors (Lipinski definition) is 25. The zero-order chi connectivity index (χ0) is 86.8. The van der Waals surface area contributed by atoms with Crippen molar-refractivity contribution >= 4 is 116 Å². The van der Waals surface area contributed by atoms with E-state index in [4.69, 9.17) is 50.3 Å². The van der Waals surface area contributed by atoms with E-state index in [0.29, 0.717) is 27.6 Å². The van der Waals surface area contributed by atoms with E-state index in [9.17, 15) is 14.0 Å². The van der Waals surface area contributed by atoms with Gasteiger partial charge >= 0.3 is 0 Å². The summed E-state index contributed by atoms with van der Waals surface area (Å²) in [7, 11) is 0. The van der Waals surface area contributed by atoms with Crippen LogP contribution in [0.3, 0.4) is 0 Å². The van der Waals surface area contributed by atoms with Gasteiger partial charge in [0, 0.05) is 69.0 Å². The Morgan fingerprint density at radius 1 is 0.424 bits per heavy atom. The van der Waals surface area contributed by atoms with Gasteiger partial charge in [-0.2, -0.15) is 0 Å². The third-order valence-corrected chi connectivity index (χ3v) is 19.5. The summed E-state index contributed by atoms with van der Waals surface area (Å²) in [6.07, 6.45) is -4.87. The topological polar surface area (TPSA) is 627 Å². The number of primary amides is 1. The minimum Gasteiger partial charge on any atom is -0.370 e. The molecule has 2 heterocycles. The molecule has 6 rings (SSSR count). The second-order valence-electron chi connectivity index (χ2n) is 30.5. The van der Waals surface area contributed by atoms with Crippen molar-refractivity contribution in [2.24, 2.45) is 40.0 Å². The van der Waals surface area contributed by atoms with Crippen molar-refractivity contribution in [3.05, 3.63) is 120 Å². The van der Waals surface area contributed by atoms with Gasteiger partial charge < -0.3 is 113 Å². The van der Waals surface area contributed by atoms with Gasteiger partial charge in [-0.15, -0.1) is 0 Å². The third-order valence-electron chi connectivity index (χ3n) is 19.5. The van der Waals surface area contributed by atoms with E-state index in [1.165, 1.54) is 0 Å². The van der Waals surface area contributed by atoms with Crippen LogP contribution in [-0.4, -0.2) is 205 Å². The standard InChI is InChI=1S/C79H115F2N25O12/c1-43(2)62-73(117)101-55(26-16-36-94-78(89)90)65(109)96-52(23-13-33-91-75(83)84)64(108)97-53(24-14-34-92-76(85)86)66(110)103-59(39-45-27-28-46-19-9-10-20-47(46)37-45)71(115)98-54(25-15-35-93-77(87)88)67(111)102-58(38-44-17-7-6-8-18-44)70(114)100-56(30-29-49(81)41-80)68(112)99-57(31-32-61(82)107)69(113)104-60(40-48-42-95-51-22-12-11-21-50(48)51)72(116)106-63(74(118)105-62)79(3,4)5/h6-12,17-22,27-28,37,42-43,49,52-60,62-63,95H,13-16,23-26,29-36,38-41H2,1-5H3,(H2,82,107)(H,96,109)(H,97,108)(H,98,115)(H,99,112)(H,100,114)(H,101,117)(H,102,111)(H,103,110)(H,104,113)(H,105,118)(H,106,116)(H4,83,84,91)(H4,85,86,92)(H4,87,88,93)(H4,89,90,94)/t49?,52-,53-,54-,55-,56+,57+,58-,59+,60-,62-,63+/m0/s1. The number of aromatic amines is 1. The molecule has 0 spiro atoms. The highest BCUT2D eigenvalue weighted by molar-refractivity contribution is 6.01. The van der Waals surface area contributed by atoms with Crippen LogP contribution in [0.4, 0.5) is 8.78 Å². The first-order valence-corrected chi connectivity index (χ1v) is 39.2. The molecule has 0 saturated carbocycles. The Kier molecular flexibility index (Phi) is 37.3. The SMILES string of the molecule is CC(C)[C@@H]1NC(=O)[C@H](C(C)(C)C)NC(=O)[C@H](Cc2c[nH]c3ccccc23)NC(=O)[C@@H](CCC(N)=O)NC(=O)[C@@H](CCC(F)CF)NC(=O)[C@H](Cc2ccccc2)NC(=O)[C@H](CCCNC(=N)N)NC(=O)[C@@H](Cc2ccc3ccccc3c2)NC(=O)[C@H](CCCNC(=N)N)NC(=O)[C@H](CCCNC(=N)N)NC(=O)[C@H](CCCNC(=N)N)NC1=O. The van der Waals surface area contributed by atoms with Crippen molar-refractivity contribution in [3.8, 4) is 0 Å². The second-order valence-corrected chi connectivity index (χ2v) is 30.5. The first kappa shape index (κ1) is 94.1. The van der Waals surface area contributed by atoms with Gasteiger partial charge in [0.2, 0.25) is 70.9 Å². The molecule has 4 aromatic carbocycles. The molecule has 1 aliphatic heterocycles. The molecule has 39 heteroatoms. The maximum absolute atomic E-state index is 15.5.